The lowest BCUT2D eigenvalue weighted by atomic mass is 10.1. The second-order valence-electron chi connectivity index (χ2n) is 5.02. The Morgan fingerprint density at radius 1 is 1.43 bits per heavy atom. The molecular formula is C15H14FNO3S. The van der Waals surface area contributed by atoms with Gasteiger partial charge in [0.1, 0.15) is 5.82 Å². The molecular weight excluding hydrogens is 293 g/mol. The van der Waals surface area contributed by atoms with E-state index in [-0.39, 0.29) is 23.6 Å². The molecule has 1 aliphatic heterocycles. The summed E-state index contributed by atoms with van der Waals surface area (Å²) in [6.07, 6.45) is 0.609. The number of nitrogens with zero attached hydrogens (tertiary/aromatic N) is 1. The van der Waals surface area contributed by atoms with Gasteiger partial charge in [0.05, 0.1) is 17.9 Å². The summed E-state index contributed by atoms with van der Waals surface area (Å²) in [6, 6.07) is 6.39. The average Bonchev–Trinajstić information content (AvgIpc) is 3.13. The lowest BCUT2D eigenvalue weighted by Crippen LogP contribution is -2.29. The molecule has 4 nitrogen and oxygen atoms in total. The van der Waals surface area contributed by atoms with Gasteiger partial charge >= 0.3 is 5.97 Å². The number of hydrogen-bond donors (Lipinski definition) is 0. The number of halogens is 1. The van der Waals surface area contributed by atoms with E-state index in [2.05, 4.69) is 0 Å². The zero-order valence-electron chi connectivity index (χ0n) is 11.5. The molecule has 3 rings (SSSR count). The quantitative estimate of drug-likeness (QED) is 0.801. The van der Waals surface area contributed by atoms with Crippen LogP contribution in [0.4, 0.5) is 4.39 Å². The Hall–Kier alpha value is -1.95. The van der Waals surface area contributed by atoms with Crippen LogP contribution in [0.25, 0.3) is 10.1 Å². The van der Waals surface area contributed by atoms with Crippen molar-refractivity contribution in [1.29, 1.82) is 0 Å². The Labute approximate surface area is 125 Å². The minimum atomic E-state index is -0.323. The fourth-order valence-electron chi connectivity index (χ4n) is 2.59. The van der Waals surface area contributed by atoms with E-state index in [1.54, 1.807) is 23.1 Å². The van der Waals surface area contributed by atoms with Crippen LogP contribution in [0.1, 0.15) is 16.1 Å². The van der Waals surface area contributed by atoms with E-state index >= 15 is 0 Å². The summed E-state index contributed by atoms with van der Waals surface area (Å²) in [4.78, 5) is 26.1. The number of methoxy groups -OCH3 is 1. The van der Waals surface area contributed by atoms with Crippen LogP contribution in [0.2, 0.25) is 0 Å². The number of fused-ring (bicyclic) bond motifs is 1. The first-order valence-corrected chi connectivity index (χ1v) is 7.47. The predicted molar refractivity (Wildman–Crippen MR) is 77.8 cm³/mol. The number of amides is 1. The van der Waals surface area contributed by atoms with Gasteiger partial charge in [-0.05, 0) is 24.6 Å². The SMILES string of the molecule is COC(=O)C1CCN(C(=O)c2cc3c(F)cccc3s2)C1. The van der Waals surface area contributed by atoms with Gasteiger partial charge in [-0.25, -0.2) is 4.39 Å². The third kappa shape index (κ3) is 2.51. The summed E-state index contributed by atoms with van der Waals surface area (Å²) in [5, 5.41) is 0.467. The number of likely N-dealkylation sites (tertiary alicyclic amines) is 1. The molecule has 2 heterocycles. The van der Waals surface area contributed by atoms with E-state index in [9.17, 15) is 14.0 Å². The maximum absolute atomic E-state index is 13.7. The maximum Gasteiger partial charge on any atom is 0.310 e. The normalized spacial score (nSPS) is 18.2. The number of hydrogen-bond acceptors (Lipinski definition) is 4. The number of carbonyl (C=O) groups is 2. The molecule has 1 atom stereocenters. The molecule has 0 N–H and O–H groups in total. The van der Waals surface area contributed by atoms with Crippen LogP contribution in [-0.4, -0.2) is 37.0 Å². The highest BCUT2D eigenvalue weighted by molar-refractivity contribution is 7.20. The smallest absolute Gasteiger partial charge is 0.310 e. The molecule has 0 bridgehead atoms. The summed E-state index contributed by atoms with van der Waals surface area (Å²) in [6.45, 7) is 0.886. The molecule has 1 aliphatic rings. The van der Waals surface area contributed by atoms with Crippen LogP contribution >= 0.6 is 11.3 Å². The van der Waals surface area contributed by atoms with Gasteiger partial charge in [-0.1, -0.05) is 6.07 Å². The molecule has 1 saturated heterocycles. The molecule has 1 fully saturated rings. The van der Waals surface area contributed by atoms with Crippen LogP contribution in [0, 0.1) is 11.7 Å². The van der Waals surface area contributed by atoms with Crippen LogP contribution in [-0.2, 0) is 9.53 Å². The van der Waals surface area contributed by atoms with Crippen LogP contribution < -0.4 is 0 Å². The number of thiophene rings is 1. The van der Waals surface area contributed by atoms with Crippen LogP contribution in [0.3, 0.4) is 0 Å². The largest absolute Gasteiger partial charge is 0.469 e. The molecule has 1 amide bonds. The zero-order valence-corrected chi connectivity index (χ0v) is 12.3. The summed E-state index contributed by atoms with van der Waals surface area (Å²) < 4.78 is 19.1. The highest BCUT2D eigenvalue weighted by atomic mass is 32.1. The molecule has 110 valence electrons. The van der Waals surface area contributed by atoms with Crippen molar-refractivity contribution in [2.24, 2.45) is 5.92 Å². The molecule has 1 aromatic carbocycles. The third-order valence-electron chi connectivity index (χ3n) is 3.73. The number of benzene rings is 1. The molecule has 21 heavy (non-hydrogen) atoms. The standard InChI is InChI=1S/C15H14FNO3S/c1-20-15(19)9-5-6-17(8-9)14(18)13-7-10-11(16)3-2-4-12(10)21-13/h2-4,7,9H,5-6,8H2,1H3. The van der Waals surface area contributed by atoms with E-state index in [4.69, 9.17) is 4.74 Å². The fraction of sp³-hybridized carbons (Fsp3) is 0.333. The Morgan fingerprint density at radius 3 is 2.95 bits per heavy atom. The topological polar surface area (TPSA) is 46.6 Å². The van der Waals surface area contributed by atoms with Gasteiger partial charge < -0.3 is 9.64 Å². The number of rotatable bonds is 2. The van der Waals surface area contributed by atoms with Gasteiger partial charge in [0.15, 0.2) is 0 Å². The summed E-state index contributed by atoms with van der Waals surface area (Å²) >= 11 is 1.27. The second-order valence-corrected chi connectivity index (χ2v) is 6.11. The summed E-state index contributed by atoms with van der Waals surface area (Å²) in [5.74, 6) is -1.02. The van der Waals surface area contributed by atoms with Crippen LogP contribution in [0.15, 0.2) is 24.3 Å². The fourth-order valence-corrected chi connectivity index (χ4v) is 3.63. The van der Waals surface area contributed by atoms with Crippen LogP contribution in [0.5, 0.6) is 0 Å². The summed E-state index contributed by atoms with van der Waals surface area (Å²) in [5.41, 5.74) is 0. The van der Waals surface area contributed by atoms with Crippen molar-refractivity contribution >= 4 is 33.3 Å². The second kappa shape index (κ2) is 5.44. The molecule has 1 unspecified atom stereocenters. The first-order chi connectivity index (χ1) is 10.1. The van der Waals surface area contributed by atoms with E-state index in [0.29, 0.717) is 29.8 Å². The highest BCUT2D eigenvalue weighted by Gasteiger charge is 2.32. The van der Waals surface area contributed by atoms with E-state index < -0.39 is 0 Å². The highest BCUT2D eigenvalue weighted by Crippen LogP contribution is 2.30. The Balaban J connectivity index is 1.81. The van der Waals surface area contributed by atoms with Gasteiger partial charge in [0.2, 0.25) is 0 Å². The Bertz CT molecular complexity index is 712. The van der Waals surface area contributed by atoms with Gasteiger partial charge in [0.25, 0.3) is 5.91 Å². The minimum Gasteiger partial charge on any atom is -0.469 e. The monoisotopic (exact) mass is 307 g/mol. The summed E-state index contributed by atoms with van der Waals surface area (Å²) in [7, 11) is 1.35. The number of ether oxygens (including phenoxy) is 1. The molecule has 0 saturated carbocycles. The van der Waals surface area contributed by atoms with Crippen molar-refractivity contribution in [2.45, 2.75) is 6.42 Å². The van der Waals surface area contributed by atoms with Crippen molar-refractivity contribution in [3.05, 3.63) is 35.0 Å². The Kier molecular flexibility index (Phi) is 3.63. The van der Waals surface area contributed by atoms with Gasteiger partial charge in [-0.3, -0.25) is 9.59 Å². The van der Waals surface area contributed by atoms with Gasteiger partial charge in [0, 0.05) is 23.2 Å². The van der Waals surface area contributed by atoms with Gasteiger partial charge in [-0.15, -0.1) is 11.3 Å². The predicted octanol–water partition coefficient (Wildman–Crippen LogP) is 2.68. The first-order valence-electron chi connectivity index (χ1n) is 6.65. The number of carbonyl (C=O) groups excluding carboxylic acids is 2. The third-order valence-corrected chi connectivity index (χ3v) is 4.82. The first kappa shape index (κ1) is 14.0. The lowest BCUT2D eigenvalue weighted by Gasteiger charge is -2.14. The van der Waals surface area contributed by atoms with Crippen molar-refractivity contribution in [3.63, 3.8) is 0 Å². The van der Waals surface area contributed by atoms with Gasteiger partial charge in [-0.2, -0.15) is 0 Å². The zero-order chi connectivity index (χ0) is 15.0. The molecule has 0 spiro atoms. The van der Waals surface area contributed by atoms with Crippen molar-refractivity contribution in [3.8, 4) is 0 Å². The van der Waals surface area contributed by atoms with E-state index in [1.807, 2.05) is 0 Å². The van der Waals surface area contributed by atoms with E-state index in [0.717, 1.165) is 4.70 Å². The van der Waals surface area contributed by atoms with E-state index in [1.165, 1.54) is 24.5 Å². The molecule has 1 aromatic heterocycles. The lowest BCUT2D eigenvalue weighted by molar-refractivity contribution is -0.144. The molecule has 6 heteroatoms. The maximum atomic E-state index is 13.7. The Morgan fingerprint density at radius 2 is 2.24 bits per heavy atom. The minimum absolute atomic E-state index is 0.151. The van der Waals surface area contributed by atoms with Crippen molar-refractivity contribution in [2.75, 3.05) is 20.2 Å². The molecule has 2 aromatic rings. The number of esters is 1. The molecule has 0 radical (unpaired) electrons. The average molecular weight is 307 g/mol. The van der Waals surface area contributed by atoms with Crippen molar-refractivity contribution < 1.29 is 18.7 Å². The van der Waals surface area contributed by atoms with Crippen molar-refractivity contribution in [1.82, 2.24) is 4.90 Å². The molecule has 0 aliphatic carbocycles.